The number of para-hydroxylation sites is 3. The van der Waals surface area contributed by atoms with Gasteiger partial charge in [0.25, 0.3) is 0 Å². The Labute approximate surface area is 255 Å². The fraction of sp³-hybridized carbons (Fsp3) is 0.108. The van der Waals surface area contributed by atoms with Crippen molar-refractivity contribution in [2.75, 3.05) is 9.80 Å². The molecule has 214 valence electrons. The molecule has 2 aromatic heterocycles. The summed E-state index contributed by atoms with van der Waals surface area (Å²) >= 11 is 0. The molecule has 6 aromatic rings. The summed E-state index contributed by atoms with van der Waals surface area (Å²) in [6, 6.07) is 40.4. The highest BCUT2D eigenvalue weighted by Gasteiger charge is 2.45. The number of furan rings is 1. The lowest BCUT2D eigenvalue weighted by Crippen LogP contribution is -2.42. The highest BCUT2D eigenvalue weighted by molar-refractivity contribution is 6.18. The lowest BCUT2D eigenvalue weighted by molar-refractivity contribution is 0.101. The molecule has 1 atom stereocenters. The number of ketones is 1. The number of nitrogens with zero attached hydrogens (tertiary/aromatic N) is 5. The molecular formula is C37H29N5O2. The molecular weight excluding hydrogens is 546 g/mol. The van der Waals surface area contributed by atoms with Crippen LogP contribution in [0.4, 0.5) is 17.2 Å². The molecule has 0 aliphatic carbocycles. The monoisotopic (exact) mass is 575 g/mol. The Morgan fingerprint density at radius 2 is 1.48 bits per heavy atom. The number of aryl methyl sites for hydroxylation is 1. The molecule has 0 radical (unpaired) electrons. The molecule has 0 bridgehead atoms. The van der Waals surface area contributed by atoms with Gasteiger partial charge >= 0.3 is 0 Å². The maximum absolute atomic E-state index is 11.9. The third-order valence-electron chi connectivity index (χ3n) is 8.36. The van der Waals surface area contributed by atoms with E-state index in [0.717, 1.165) is 57.2 Å². The Bertz CT molecular complexity index is 2040. The molecule has 7 nitrogen and oxygen atoms in total. The van der Waals surface area contributed by atoms with Gasteiger partial charge in [-0.1, -0.05) is 84.9 Å². The zero-order chi connectivity index (χ0) is 29.8. The van der Waals surface area contributed by atoms with Crippen molar-refractivity contribution in [3.63, 3.8) is 0 Å². The van der Waals surface area contributed by atoms with Crippen LogP contribution in [0.1, 0.15) is 45.9 Å². The average molecular weight is 576 g/mol. The Morgan fingerprint density at radius 3 is 2.20 bits per heavy atom. The molecule has 2 aliphatic rings. The van der Waals surface area contributed by atoms with Gasteiger partial charge in [-0.05, 0) is 55.8 Å². The van der Waals surface area contributed by atoms with Gasteiger partial charge in [0, 0.05) is 11.1 Å². The molecule has 4 heterocycles. The Hall–Kier alpha value is -5.69. The van der Waals surface area contributed by atoms with Crippen LogP contribution in [0.15, 0.2) is 131 Å². The number of carbonyl (C=O) groups is 1. The van der Waals surface area contributed by atoms with Gasteiger partial charge in [0.1, 0.15) is 17.6 Å². The van der Waals surface area contributed by atoms with Gasteiger partial charge in [0.15, 0.2) is 11.6 Å². The van der Waals surface area contributed by atoms with Gasteiger partial charge in [-0.15, -0.1) is 0 Å². The van der Waals surface area contributed by atoms with Crippen molar-refractivity contribution >= 4 is 28.9 Å². The van der Waals surface area contributed by atoms with E-state index < -0.39 is 0 Å². The van der Waals surface area contributed by atoms with Crippen LogP contribution in [0.5, 0.6) is 0 Å². The van der Waals surface area contributed by atoms with E-state index in [-0.39, 0.29) is 11.8 Å². The first-order valence-corrected chi connectivity index (χ1v) is 14.7. The maximum atomic E-state index is 11.9. The van der Waals surface area contributed by atoms with Crippen LogP contribution in [0.3, 0.4) is 0 Å². The Morgan fingerprint density at radius 1 is 0.795 bits per heavy atom. The lowest BCUT2D eigenvalue weighted by atomic mass is 10.0. The molecule has 2 aliphatic heterocycles. The molecule has 4 aromatic carbocycles. The summed E-state index contributed by atoms with van der Waals surface area (Å²) in [5.74, 6) is 3.18. The number of aliphatic imine (C=N–C) groups is 1. The van der Waals surface area contributed by atoms with Gasteiger partial charge in [-0.2, -0.15) is 10.1 Å². The molecule has 0 fully saturated rings. The zero-order valence-corrected chi connectivity index (χ0v) is 24.4. The molecule has 7 heteroatoms. The van der Waals surface area contributed by atoms with Crippen LogP contribution in [0, 0.1) is 6.92 Å². The number of hydrogen-bond acceptors (Lipinski definition) is 6. The number of fused-ring (bicyclic) bond motifs is 4. The smallest absolute Gasteiger partial charge is 0.213 e. The SMILES string of the molecule is CC(=O)c1ccc(-c2ccc([C@@H]3c4c(C)nn(-c5ccccc5)c4N=C4N(Cc5ccccc5)c5ccccc5N43)o2)cc1. The largest absolute Gasteiger partial charge is 0.459 e. The molecule has 0 unspecified atom stereocenters. The third-order valence-corrected chi connectivity index (χ3v) is 8.36. The van der Waals surface area contributed by atoms with Crippen LogP contribution in [-0.2, 0) is 6.54 Å². The van der Waals surface area contributed by atoms with E-state index in [1.165, 1.54) is 5.56 Å². The molecule has 0 amide bonds. The van der Waals surface area contributed by atoms with Gasteiger partial charge in [-0.3, -0.25) is 9.69 Å². The summed E-state index contributed by atoms with van der Waals surface area (Å²) in [5.41, 5.74) is 7.77. The third kappa shape index (κ3) is 4.16. The van der Waals surface area contributed by atoms with E-state index in [9.17, 15) is 4.79 Å². The normalized spacial score (nSPS) is 15.0. The van der Waals surface area contributed by atoms with Crippen LogP contribution in [0.2, 0.25) is 0 Å². The van der Waals surface area contributed by atoms with Gasteiger partial charge in [0.2, 0.25) is 5.96 Å². The number of benzene rings is 4. The first-order valence-electron chi connectivity index (χ1n) is 14.7. The minimum Gasteiger partial charge on any atom is -0.459 e. The fourth-order valence-corrected chi connectivity index (χ4v) is 6.25. The predicted molar refractivity (Wildman–Crippen MR) is 173 cm³/mol. The number of aromatic nitrogens is 2. The standard InChI is InChI=1S/C37H29N5O2/c1-24-34-35(33-22-21-32(44-33)28-19-17-27(18-20-28)25(2)43)41-31-16-10-9-15-30(31)40(23-26-11-5-3-6-12-26)37(41)38-36(34)42(39-24)29-13-7-4-8-14-29/h3-22,35H,23H2,1-2H3/t35-/m1/s1. The van der Waals surface area contributed by atoms with E-state index in [1.807, 2.05) is 72.3 Å². The summed E-state index contributed by atoms with van der Waals surface area (Å²) in [6.07, 6.45) is 0. The molecule has 0 spiro atoms. The minimum atomic E-state index is -0.304. The predicted octanol–water partition coefficient (Wildman–Crippen LogP) is 8.26. The number of rotatable bonds is 6. The summed E-state index contributed by atoms with van der Waals surface area (Å²) in [7, 11) is 0. The van der Waals surface area contributed by atoms with E-state index in [1.54, 1.807) is 6.92 Å². The van der Waals surface area contributed by atoms with Crippen molar-refractivity contribution in [3.05, 3.63) is 149 Å². The topological polar surface area (TPSA) is 66.9 Å². The van der Waals surface area contributed by atoms with Crippen molar-refractivity contribution < 1.29 is 9.21 Å². The number of anilines is 2. The first-order chi connectivity index (χ1) is 21.6. The quantitative estimate of drug-likeness (QED) is 0.187. The van der Waals surface area contributed by atoms with Gasteiger partial charge in [-0.25, -0.2) is 4.68 Å². The molecule has 0 N–H and O–H groups in total. The van der Waals surface area contributed by atoms with Crippen molar-refractivity contribution in [2.45, 2.75) is 26.4 Å². The summed E-state index contributed by atoms with van der Waals surface area (Å²) in [6.45, 7) is 4.28. The summed E-state index contributed by atoms with van der Waals surface area (Å²) < 4.78 is 8.62. The number of guanidine groups is 1. The zero-order valence-electron chi connectivity index (χ0n) is 24.4. The van der Waals surface area contributed by atoms with Gasteiger partial charge in [0.05, 0.1) is 34.9 Å². The first kappa shape index (κ1) is 26.0. The number of Topliss-reactive ketones (excluding diaryl/α,β-unsaturated/α-hetero) is 1. The molecule has 8 rings (SSSR count). The number of hydrogen-bond donors (Lipinski definition) is 0. The van der Waals surface area contributed by atoms with Crippen LogP contribution >= 0.6 is 0 Å². The Kier molecular flexibility index (Phi) is 6.05. The van der Waals surface area contributed by atoms with E-state index >= 15 is 0 Å². The second kappa shape index (κ2) is 10.2. The number of carbonyl (C=O) groups excluding carboxylic acids is 1. The molecule has 0 saturated heterocycles. The van der Waals surface area contributed by atoms with Crippen molar-refractivity contribution in [3.8, 4) is 17.0 Å². The second-order valence-corrected chi connectivity index (χ2v) is 11.2. The van der Waals surface area contributed by atoms with Crippen LogP contribution in [0.25, 0.3) is 17.0 Å². The minimum absolute atomic E-state index is 0.0388. The lowest BCUT2D eigenvalue weighted by Gasteiger charge is -2.33. The van der Waals surface area contributed by atoms with Crippen molar-refractivity contribution in [1.82, 2.24) is 9.78 Å². The van der Waals surface area contributed by atoms with E-state index in [4.69, 9.17) is 14.5 Å². The summed E-state index contributed by atoms with van der Waals surface area (Å²) in [5, 5.41) is 5.01. The van der Waals surface area contributed by atoms with Crippen molar-refractivity contribution in [2.24, 2.45) is 4.99 Å². The summed E-state index contributed by atoms with van der Waals surface area (Å²) in [4.78, 5) is 21.8. The van der Waals surface area contributed by atoms with Gasteiger partial charge < -0.3 is 9.32 Å². The molecule has 0 saturated carbocycles. The second-order valence-electron chi connectivity index (χ2n) is 11.2. The molecule has 44 heavy (non-hydrogen) atoms. The fourth-order valence-electron chi connectivity index (χ4n) is 6.25. The Balaban J connectivity index is 1.32. The maximum Gasteiger partial charge on any atom is 0.213 e. The highest BCUT2D eigenvalue weighted by Crippen LogP contribution is 2.51. The highest BCUT2D eigenvalue weighted by atomic mass is 16.3. The van der Waals surface area contributed by atoms with Crippen molar-refractivity contribution in [1.29, 1.82) is 0 Å². The van der Waals surface area contributed by atoms with Crippen LogP contribution in [-0.4, -0.2) is 21.5 Å². The average Bonchev–Trinajstić information content (AvgIpc) is 3.77. The van der Waals surface area contributed by atoms with Crippen LogP contribution < -0.4 is 9.80 Å². The van der Waals surface area contributed by atoms with E-state index in [2.05, 4.69) is 70.5 Å². The van der Waals surface area contributed by atoms with E-state index in [0.29, 0.717) is 12.1 Å².